The van der Waals surface area contributed by atoms with Crippen LogP contribution in [0.5, 0.6) is 0 Å². The van der Waals surface area contributed by atoms with E-state index in [4.69, 9.17) is 5.73 Å². The average molecular weight is 337 g/mol. The van der Waals surface area contributed by atoms with E-state index < -0.39 is 0 Å². The molecule has 1 aliphatic carbocycles. The van der Waals surface area contributed by atoms with Gasteiger partial charge in [-0.25, -0.2) is 0 Å². The highest BCUT2D eigenvalue weighted by Gasteiger charge is 2.29. The van der Waals surface area contributed by atoms with Crippen molar-refractivity contribution >= 4 is 15.9 Å². The number of hydrogen-bond donors (Lipinski definition) is 1. The van der Waals surface area contributed by atoms with Crippen molar-refractivity contribution in [3.05, 3.63) is 33.8 Å². The van der Waals surface area contributed by atoms with Gasteiger partial charge in [0, 0.05) is 23.1 Å². The molecule has 3 atom stereocenters. The number of nitrogens with two attached hydrogens (primary N) is 1. The van der Waals surface area contributed by atoms with E-state index in [0.717, 1.165) is 6.04 Å². The summed E-state index contributed by atoms with van der Waals surface area (Å²) in [6.07, 6.45) is 6.36. The van der Waals surface area contributed by atoms with Crippen LogP contribution in [0.4, 0.5) is 0 Å². The van der Waals surface area contributed by atoms with Gasteiger partial charge in [0.1, 0.15) is 0 Å². The quantitative estimate of drug-likeness (QED) is 0.897. The van der Waals surface area contributed by atoms with Crippen LogP contribution in [0.25, 0.3) is 0 Å². The fourth-order valence-electron chi connectivity index (χ4n) is 3.82. The van der Waals surface area contributed by atoms with Gasteiger partial charge in [0.25, 0.3) is 0 Å². The number of hydrogen-bond acceptors (Lipinski definition) is 2. The molecule has 1 aromatic rings. The van der Waals surface area contributed by atoms with E-state index in [1.807, 2.05) is 0 Å². The molecule has 1 fully saturated rings. The number of fused-ring (bicyclic) bond motifs is 1. The van der Waals surface area contributed by atoms with Gasteiger partial charge in [0.15, 0.2) is 0 Å². The molecule has 2 nitrogen and oxygen atoms in total. The lowest BCUT2D eigenvalue weighted by molar-refractivity contribution is 0.105. The van der Waals surface area contributed by atoms with Gasteiger partial charge in [-0.05, 0) is 74.8 Å². The summed E-state index contributed by atoms with van der Waals surface area (Å²) in [5.74, 6) is 0.690. The van der Waals surface area contributed by atoms with Crippen LogP contribution in [0, 0.1) is 5.92 Å². The topological polar surface area (TPSA) is 29.3 Å². The lowest BCUT2D eigenvalue weighted by Crippen LogP contribution is -2.48. The number of piperidine rings is 1. The smallest absolute Gasteiger partial charge is 0.0178 e. The number of halogens is 1. The molecule has 3 rings (SSSR count). The zero-order chi connectivity index (χ0) is 14.1. The van der Waals surface area contributed by atoms with Gasteiger partial charge < -0.3 is 5.73 Å². The fraction of sp³-hybridized carbons (Fsp3) is 0.647. The molecule has 3 heteroatoms. The van der Waals surface area contributed by atoms with Crippen molar-refractivity contribution in [1.29, 1.82) is 0 Å². The Hall–Kier alpha value is -0.380. The Morgan fingerprint density at radius 3 is 2.95 bits per heavy atom. The van der Waals surface area contributed by atoms with E-state index >= 15 is 0 Å². The maximum atomic E-state index is 6.12. The Kier molecular flexibility index (Phi) is 4.49. The highest BCUT2D eigenvalue weighted by Crippen LogP contribution is 2.30. The second-order valence-electron chi connectivity index (χ2n) is 6.57. The van der Waals surface area contributed by atoms with E-state index in [2.05, 4.69) is 46.0 Å². The van der Waals surface area contributed by atoms with Crippen molar-refractivity contribution in [2.45, 2.75) is 51.1 Å². The molecule has 0 amide bonds. The van der Waals surface area contributed by atoms with Crippen LogP contribution in [0.2, 0.25) is 0 Å². The summed E-state index contributed by atoms with van der Waals surface area (Å²) in [4.78, 5) is 2.71. The van der Waals surface area contributed by atoms with Gasteiger partial charge in [0.2, 0.25) is 0 Å². The number of nitrogens with zero attached hydrogens (tertiary/aromatic N) is 1. The van der Waals surface area contributed by atoms with Crippen molar-refractivity contribution in [3.8, 4) is 0 Å². The summed E-state index contributed by atoms with van der Waals surface area (Å²) in [7, 11) is 0. The Balaban J connectivity index is 1.69. The molecule has 2 N–H and O–H groups in total. The molecule has 20 heavy (non-hydrogen) atoms. The van der Waals surface area contributed by atoms with Crippen LogP contribution < -0.4 is 5.73 Å². The van der Waals surface area contributed by atoms with Gasteiger partial charge in [-0.3, -0.25) is 4.90 Å². The maximum Gasteiger partial charge on any atom is 0.0178 e. The molecule has 0 spiro atoms. The molecule has 0 radical (unpaired) electrons. The second kappa shape index (κ2) is 6.17. The van der Waals surface area contributed by atoms with Crippen LogP contribution in [0.1, 0.15) is 37.3 Å². The molecule has 110 valence electrons. The Labute approximate surface area is 130 Å². The predicted octanol–water partition coefficient (Wildman–Crippen LogP) is 3.37. The highest BCUT2D eigenvalue weighted by atomic mass is 79.9. The lowest BCUT2D eigenvalue weighted by atomic mass is 9.85. The molecule has 0 bridgehead atoms. The zero-order valence-electron chi connectivity index (χ0n) is 12.3. The second-order valence-corrected chi connectivity index (χ2v) is 7.48. The molecule has 0 aromatic heterocycles. The number of aryl methyl sites for hydroxylation is 1. The first kappa shape index (κ1) is 14.6. The number of likely N-dealkylation sites (tertiary alicyclic amines) is 1. The van der Waals surface area contributed by atoms with E-state index in [1.165, 1.54) is 55.2 Å². The summed E-state index contributed by atoms with van der Waals surface area (Å²) in [5, 5.41) is 0. The minimum Gasteiger partial charge on any atom is -0.328 e. The minimum atomic E-state index is 0.338. The van der Waals surface area contributed by atoms with E-state index in [9.17, 15) is 0 Å². The summed E-state index contributed by atoms with van der Waals surface area (Å²) in [6.45, 7) is 4.63. The first-order valence-electron chi connectivity index (χ1n) is 7.90. The molecule has 1 aliphatic heterocycles. The van der Waals surface area contributed by atoms with Gasteiger partial charge in [-0.15, -0.1) is 0 Å². The lowest BCUT2D eigenvalue weighted by Gasteiger charge is -2.41. The summed E-state index contributed by atoms with van der Waals surface area (Å²) < 4.78 is 1.21. The Morgan fingerprint density at radius 2 is 2.15 bits per heavy atom. The molecule has 1 heterocycles. The van der Waals surface area contributed by atoms with E-state index in [-0.39, 0.29) is 0 Å². The monoisotopic (exact) mass is 336 g/mol. The third-order valence-electron chi connectivity index (χ3n) is 5.12. The maximum absolute atomic E-state index is 6.12. The van der Waals surface area contributed by atoms with Gasteiger partial charge in [-0.2, -0.15) is 0 Å². The van der Waals surface area contributed by atoms with Gasteiger partial charge >= 0.3 is 0 Å². The van der Waals surface area contributed by atoms with Crippen molar-refractivity contribution in [2.75, 3.05) is 13.1 Å². The normalized spacial score (nSPS) is 28.9. The largest absolute Gasteiger partial charge is 0.328 e. The first-order valence-corrected chi connectivity index (χ1v) is 8.69. The highest BCUT2D eigenvalue weighted by molar-refractivity contribution is 9.10. The standard InChI is InChI=1S/C17H25BrN2/c1-12(19)15-3-2-8-20(11-15)17-7-5-13-9-16(18)6-4-14(13)10-17/h4,6,9,12,15,17H,2-3,5,7-8,10-11,19H2,1H3. The summed E-state index contributed by atoms with van der Waals surface area (Å²) in [5.41, 5.74) is 9.21. The number of rotatable bonds is 2. The molecule has 2 aliphatic rings. The van der Waals surface area contributed by atoms with Crippen LogP contribution in [-0.2, 0) is 12.8 Å². The fourth-order valence-corrected chi connectivity index (χ4v) is 4.23. The van der Waals surface area contributed by atoms with Crippen molar-refractivity contribution in [2.24, 2.45) is 11.7 Å². The van der Waals surface area contributed by atoms with Crippen molar-refractivity contribution in [3.63, 3.8) is 0 Å². The van der Waals surface area contributed by atoms with Crippen LogP contribution in [-0.4, -0.2) is 30.1 Å². The SMILES string of the molecule is CC(N)C1CCCN(C2CCc3cc(Br)ccc3C2)C1. The predicted molar refractivity (Wildman–Crippen MR) is 87.9 cm³/mol. The molecule has 1 aromatic carbocycles. The van der Waals surface area contributed by atoms with E-state index in [0.29, 0.717) is 12.0 Å². The van der Waals surface area contributed by atoms with Gasteiger partial charge in [-0.1, -0.05) is 22.0 Å². The molecule has 0 saturated carbocycles. The van der Waals surface area contributed by atoms with Crippen molar-refractivity contribution < 1.29 is 0 Å². The minimum absolute atomic E-state index is 0.338. The first-order chi connectivity index (χ1) is 9.63. The van der Waals surface area contributed by atoms with Gasteiger partial charge in [0.05, 0.1) is 0 Å². The molecular formula is C17H25BrN2. The summed E-state index contributed by atoms with van der Waals surface area (Å²) >= 11 is 3.58. The average Bonchev–Trinajstić information content (AvgIpc) is 2.47. The third-order valence-corrected chi connectivity index (χ3v) is 5.61. The van der Waals surface area contributed by atoms with Crippen LogP contribution in [0.15, 0.2) is 22.7 Å². The molecule has 1 saturated heterocycles. The van der Waals surface area contributed by atoms with Crippen LogP contribution in [0.3, 0.4) is 0 Å². The van der Waals surface area contributed by atoms with Crippen molar-refractivity contribution in [1.82, 2.24) is 4.90 Å². The van der Waals surface area contributed by atoms with E-state index in [1.54, 1.807) is 5.56 Å². The van der Waals surface area contributed by atoms with Crippen LogP contribution >= 0.6 is 15.9 Å². The zero-order valence-corrected chi connectivity index (χ0v) is 13.9. The third kappa shape index (κ3) is 3.10. The summed E-state index contributed by atoms with van der Waals surface area (Å²) in [6, 6.07) is 7.85. The number of benzene rings is 1. The molecule has 3 unspecified atom stereocenters. The Morgan fingerprint density at radius 1 is 1.30 bits per heavy atom. The Bertz CT molecular complexity index is 472. The molecular weight excluding hydrogens is 312 g/mol.